The Balaban J connectivity index is 2.45. The minimum atomic E-state index is 0.894. The molecule has 0 amide bonds. The summed E-state index contributed by atoms with van der Waals surface area (Å²) in [7, 11) is 0. The van der Waals surface area contributed by atoms with E-state index in [9.17, 15) is 0 Å². The van der Waals surface area contributed by atoms with Crippen molar-refractivity contribution in [1.29, 1.82) is 0 Å². The predicted octanol–water partition coefficient (Wildman–Crippen LogP) is 2.55. The van der Waals surface area contributed by atoms with E-state index in [4.69, 9.17) is 11.8 Å². The molecule has 0 bridgehead atoms. The highest BCUT2D eigenvalue weighted by atomic mass is 35.5. The molecule has 0 fully saturated rings. The van der Waals surface area contributed by atoms with Gasteiger partial charge in [-0.1, -0.05) is 30.3 Å². The smallest absolute Gasteiger partial charge is 0.0938 e. The van der Waals surface area contributed by atoms with Gasteiger partial charge in [-0.25, -0.2) is 0 Å². The van der Waals surface area contributed by atoms with Crippen molar-refractivity contribution in [3.63, 3.8) is 0 Å². The van der Waals surface area contributed by atoms with Gasteiger partial charge in [0.05, 0.1) is 5.69 Å². The van der Waals surface area contributed by atoms with Crippen LogP contribution < -0.4 is 0 Å². The van der Waals surface area contributed by atoms with Gasteiger partial charge >= 0.3 is 0 Å². The summed E-state index contributed by atoms with van der Waals surface area (Å²) >= 11 is 5.62. The average Bonchev–Trinajstić information content (AvgIpc) is 2.54. The van der Waals surface area contributed by atoms with Crippen LogP contribution in [0.2, 0.25) is 0 Å². The van der Waals surface area contributed by atoms with Crippen LogP contribution >= 0.6 is 11.8 Å². The second-order valence-corrected chi connectivity index (χ2v) is 2.80. The fourth-order valence-corrected chi connectivity index (χ4v) is 1.20. The maximum Gasteiger partial charge on any atom is 0.0938 e. The average molecular weight is 179 g/mol. The van der Waals surface area contributed by atoms with Crippen LogP contribution in [-0.4, -0.2) is 9.30 Å². The van der Waals surface area contributed by atoms with E-state index in [0.717, 1.165) is 11.3 Å². The van der Waals surface area contributed by atoms with E-state index in [0.29, 0.717) is 0 Å². The van der Waals surface area contributed by atoms with Gasteiger partial charge in [0.25, 0.3) is 0 Å². The maximum absolute atomic E-state index is 5.62. The highest BCUT2D eigenvalue weighted by molar-refractivity contribution is 6.14. The SMILES string of the molecule is Cln1ccc(-c2ccccc2)n1. The lowest BCUT2D eigenvalue weighted by atomic mass is 10.2. The normalized spacial score (nSPS) is 10.1. The Kier molecular flexibility index (Phi) is 1.84. The van der Waals surface area contributed by atoms with Gasteiger partial charge in [-0.05, 0) is 6.07 Å². The van der Waals surface area contributed by atoms with Gasteiger partial charge in [-0.15, -0.1) is 0 Å². The first kappa shape index (κ1) is 7.37. The molecule has 0 aliphatic heterocycles. The van der Waals surface area contributed by atoms with Crippen LogP contribution in [0.1, 0.15) is 0 Å². The zero-order valence-corrected chi connectivity index (χ0v) is 7.07. The number of rotatable bonds is 1. The largest absolute Gasteiger partial charge is 0.180 e. The van der Waals surface area contributed by atoms with Gasteiger partial charge in [0, 0.05) is 23.5 Å². The summed E-state index contributed by atoms with van der Waals surface area (Å²) in [6, 6.07) is 11.8. The summed E-state index contributed by atoms with van der Waals surface area (Å²) < 4.78 is 1.28. The molecule has 0 atom stereocenters. The molecule has 0 N–H and O–H groups in total. The molecule has 0 aliphatic carbocycles. The van der Waals surface area contributed by atoms with E-state index in [-0.39, 0.29) is 0 Å². The van der Waals surface area contributed by atoms with Gasteiger partial charge < -0.3 is 0 Å². The maximum atomic E-state index is 5.62. The zero-order valence-electron chi connectivity index (χ0n) is 6.31. The summed E-state index contributed by atoms with van der Waals surface area (Å²) in [4.78, 5) is 0. The Morgan fingerprint density at radius 2 is 1.83 bits per heavy atom. The van der Waals surface area contributed by atoms with Crippen LogP contribution in [0.15, 0.2) is 42.6 Å². The Hall–Kier alpha value is -1.28. The molecule has 3 heteroatoms. The summed E-state index contributed by atoms with van der Waals surface area (Å²) in [6.45, 7) is 0. The third-order valence-electron chi connectivity index (χ3n) is 1.63. The molecule has 0 aliphatic rings. The fourth-order valence-electron chi connectivity index (χ4n) is 1.06. The minimum absolute atomic E-state index is 0.894. The van der Waals surface area contributed by atoms with E-state index >= 15 is 0 Å². The Morgan fingerprint density at radius 3 is 2.42 bits per heavy atom. The second-order valence-electron chi connectivity index (χ2n) is 2.46. The summed E-state index contributed by atoms with van der Waals surface area (Å²) in [5.41, 5.74) is 1.97. The topological polar surface area (TPSA) is 17.8 Å². The van der Waals surface area contributed by atoms with Gasteiger partial charge in [0.15, 0.2) is 0 Å². The van der Waals surface area contributed by atoms with E-state index in [1.165, 1.54) is 4.20 Å². The van der Waals surface area contributed by atoms with Crippen LogP contribution in [0, 0.1) is 0 Å². The minimum Gasteiger partial charge on any atom is -0.180 e. The third kappa shape index (κ3) is 1.34. The summed E-state index contributed by atoms with van der Waals surface area (Å²) in [5.74, 6) is 0. The molecule has 0 radical (unpaired) electrons. The number of benzene rings is 1. The lowest BCUT2D eigenvalue weighted by Gasteiger charge is -1.92. The van der Waals surface area contributed by atoms with Crippen molar-refractivity contribution in [1.82, 2.24) is 9.30 Å². The number of aromatic nitrogens is 2. The molecular weight excluding hydrogens is 172 g/mol. The zero-order chi connectivity index (χ0) is 8.39. The van der Waals surface area contributed by atoms with Crippen molar-refractivity contribution < 1.29 is 0 Å². The molecular formula is C9H7ClN2. The highest BCUT2D eigenvalue weighted by Gasteiger charge is 1.98. The number of halogens is 1. The second kappa shape index (κ2) is 2.99. The van der Waals surface area contributed by atoms with E-state index in [2.05, 4.69) is 5.10 Å². The van der Waals surface area contributed by atoms with E-state index < -0.39 is 0 Å². The molecule has 0 saturated carbocycles. The molecule has 2 aromatic rings. The predicted molar refractivity (Wildman–Crippen MR) is 48.9 cm³/mol. The Labute approximate surface area is 75.5 Å². The van der Waals surface area contributed by atoms with E-state index in [1.54, 1.807) is 6.20 Å². The van der Waals surface area contributed by atoms with Gasteiger partial charge in [0.2, 0.25) is 0 Å². The molecule has 2 rings (SSSR count). The van der Waals surface area contributed by atoms with Crippen LogP contribution in [0.3, 0.4) is 0 Å². The van der Waals surface area contributed by atoms with Gasteiger partial charge in [-0.2, -0.15) is 9.30 Å². The Morgan fingerprint density at radius 1 is 1.08 bits per heavy atom. The first-order chi connectivity index (χ1) is 5.86. The first-order valence-electron chi connectivity index (χ1n) is 3.63. The molecule has 2 nitrogen and oxygen atoms in total. The molecule has 1 aromatic carbocycles. The number of hydrogen-bond acceptors (Lipinski definition) is 1. The van der Waals surface area contributed by atoms with Crippen molar-refractivity contribution >= 4 is 11.8 Å². The van der Waals surface area contributed by atoms with Crippen molar-refractivity contribution in [3.8, 4) is 11.3 Å². The van der Waals surface area contributed by atoms with E-state index in [1.807, 2.05) is 36.4 Å². The van der Waals surface area contributed by atoms with Crippen LogP contribution in [0.25, 0.3) is 11.3 Å². The van der Waals surface area contributed by atoms with Crippen LogP contribution in [-0.2, 0) is 0 Å². The standard InChI is InChI=1S/C9H7ClN2/c10-12-7-6-9(11-12)8-4-2-1-3-5-8/h1-7H. The van der Waals surface area contributed by atoms with Crippen molar-refractivity contribution in [2.24, 2.45) is 0 Å². The summed E-state index contributed by atoms with van der Waals surface area (Å²) in [5, 5.41) is 4.06. The first-order valence-corrected chi connectivity index (χ1v) is 3.97. The molecule has 1 aromatic heterocycles. The molecule has 0 saturated heterocycles. The van der Waals surface area contributed by atoms with Crippen LogP contribution in [0.5, 0.6) is 0 Å². The lowest BCUT2D eigenvalue weighted by Crippen LogP contribution is -1.81. The monoisotopic (exact) mass is 178 g/mol. The molecule has 60 valence electrons. The van der Waals surface area contributed by atoms with Crippen molar-refractivity contribution in [3.05, 3.63) is 42.6 Å². The van der Waals surface area contributed by atoms with Gasteiger partial charge in [-0.3, -0.25) is 0 Å². The number of hydrogen-bond donors (Lipinski definition) is 0. The molecule has 1 heterocycles. The summed E-state index contributed by atoms with van der Waals surface area (Å²) in [6.07, 6.45) is 1.71. The third-order valence-corrected chi connectivity index (χ3v) is 1.82. The van der Waals surface area contributed by atoms with Gasteiger partial charge in [0.1, 0.15) is 0 Å². The highest BCUT2D eigenvalue weighted by Crippen LogP contribution is 2.15. The van der Waals surface area contributed by atoms with Crippen LogP contribution in [0.4, 0.5) is 0 Å². The molecule has 12 heavy (non-hydrogen) atoms. The van der Waals surface area contributed by atoms with Crippen molar-refractivity contribution in [2.75, 3.05) is 0 Å². The molecule has 0 spiro atoms. The Bertz CT molecular complexity index is 367. The quantitative estimate of drug-likeness (QED) is 0.656. The number of nitrogens with zero attached hydrogens (tertiary/aromatic N) is 2. The fraction of sp³-hybridized carbons (Fsp3) is 0. The lowest BCUT2D eigenvalue weighted by molar-refractivity contribution is 0.998. The molecule has 0 unspecified atom stereocenters. The van der Waals surface area contributed by atoms with Crippen molar-refractivity contribution in [2.45, 2.75) is 0 Å².